The van der Waals surface area contributed by atoms with E-state index in [1.807, 2.05) is 60.7 Å². The lowest BCUT2D eigenvalue weighted by molar-refractivity contribution is 0.597. The molecule has 19 heavy (non-hydrogen) atoms. The third-order valence-electron chi connectivity index (χ3n) is 2.86. The van der Waals surface area contributed by atoms with Crippen molar-refractivity contribution in [3.63, 3.8) is 0 Å². The maximum Gasteiger partial charge on any atom is 0.134 e. The van der Waals surface area contributed by atoms with Crippen molar-refractivity contribution >= 4 is 23.2 Å². The van der Waals surface area contributed by atoms with Crippen LogP contribution in [0.4, 0.5) is 0 Å². The van der Waals surface area contributed by atoms with E-state index in [1.54, 1.807) is 0 Å². The van der Waals surface area contributed by atoms with Crippen LogP contribution in [0.3, 0.4) is 0 Å². The lowest BCUT2D eigenvalue weighted by atomic mass is 10.1. The van der Waals surface area contributed by atoms with Gasteiger partial charge in [0.05, 0.1) is 0 Å². The van der Waals surface area contributed by atoms with E-state index < -0.39 is 0 Å². The normalized spacial score (nSPS) is 10.6. The summed E-state index contributed by atoms with van der Waals surface area (Å²) >= 11 is 11.7. The van der Waals surface area contributed by atoms with Crippen LogP contribution in [0.2, 0.25) is 10.0 Å². The zero-order chi connectivity index (χ0) is 13.2. The maximum atomic E-state index is 5.87. The molecule has 1 aromatic heterocycles. The largest absolute Gasteiger partial charge is 0.456 e. The van der Waals surface area contributed by atoms with Gasteiger partial charge in [0.1, 0.15) is 11.5 Å². The summed E-state index contributed by atoms with van der Waals surface area (Å²) in [6.07, 6.45) is 0. The van der Waals surface area contributed by atoms with Crippen LogP contribution in [0, 0.1) is 0 Å². The summed E-state index contributed by atoms with van der Waals surface area (Å²) in [5.41, 5.74) is 2.01. The number of halogens is 2. The van der Waals surface area contributed by atoms with Crippen LogP contribution in [0.5, 0.6) is 0 Å². The first-order valence-corrected chi connectivity index (χ1v) is 6.60. The molecule has 0 unspecified atom stereocenters. The second kappa shape index (κ2) is 5.12. The molecular weight excluding hydrogens is 279 g/mol. The van der Waals surface area contributed by atoms with Crippen molar-refractivity contribution < 1.29 is 4.42 Å². The minimum Gasteiger partial charge on any atom is -0.456 e. The van der Waals surface area contributed by atoms with Crippen molar-refractivity contribution in [1.29, 1.82) is 0 Å². The van der Waals surface area contributed by atoms with Crippen LogP contribution in [0.1, 0.15) is 0 Å². The molecule has 3 heteroatoms. The first-order valence-electron chi connectivity index (χ1n) is 5.84. The van der Waals surface area contributed by atoms with E-state index in [1.165, 1.54) is 0 Å². The summed E-state index contributed by atoms with van der Waals surface area (Å²) in [5.74, 6) is 1.64. The van der Waals surface area contributed by atoms with Crippen LogP contribution in [-0.4, -0.2) is 0 Å². The predicted octanol–water partition coefficient (Wildman–Crippen LogP) is 5.92. The Morgan fingerprint density at radius 1 is 0.526 bits per heavy atom. The fraction of sp³-hybridized carbons (Fsp3) is 0. The molecule has 0 aliphatic carbocycles. The smallest absolute Gasteiger partial charge is 0.134 e. The van der Waals surface area contributed by atoms with Gasteiger partial charge in [0.25, 0.3) is 0 Å². The summed E-state index contributed by atoms with van der Waals surface area (Å²) in [5, 5.41) is 1.43. The standard InChI is InChI=1S/C16H10Cl2O/c17-13-5-1-11(2-6-13)15-9-10-16(19-15)12-3-7-14(18)8-4-12/h1-10H. The lowest BCUT2D eigenvalue weighted by Crippen LogP contribution is -1.74. The highest BCUT2D eigenvalue weighted by Gasteiger charge is 2.06. The van der Waals surface area contributed by atoms with Crippen LogP contribution in [-0.2, 0) is 0 Å². The van der Waals surface area contributed by atoms with Gasteiger partial charge in [0.15, 0.2) is 0 Å². The molecule has 0 atom stereocenters. The van der Waals surface area contributed by atoms with E-state index in [-0.39, 0.29) is 0 Å². The van der Waals surface area contributed by atoms with Crippen molar-refractivity contribution in [2.75, 3.05) is 0 Å². The molecule has 0 radical (unpaired) electrons. The number of benzene rings is 2. The Bertz CT molecular complexity index is 622. The number of hydrogen-bond donors (Lipinski definition) is 0. The van der Waals surface area contributed by atoms with E-state index in [0.717, 1.165) is 22.6 Å². The SMILES string of the molecule is Clc1ccc(-c2ccc(-c3ccc(Cl)cc3)o2)cc1. The highest BCUT2D eigenvalue weighted by molar-refractivity contribution is 6.30. The molecular formula is C16H10Cl2O. The van der Waals surface area contributed by atoms with E-state index in [9.17, 15) is 0 Å². The zero-order valence-corrected chi connectivity index (χ0v) is 11.4. The minimum absolute atomic E-state index is 0.716. The van der Waals surface area contributed by atoms with Crippen LogP contribution in [0.15, 0.2) is 65.1 Å². The van der Waals surface area contributed by atoms with Gasteiger partial charge in [0.2, 0.25) is 0 Å². The molecule has 0 aliphatic heterocycles. The maximum absolute atomic E-state index is 5.87. The summed E-state index contributed by atoms with van der Waals surface area (Å²) in [4.78, 5) is 0. The van der Waals surface area contributed by atoms with Crippen LogP contribution >= 0.6 is 23.2 Å². The highest BCUT2D eigenvalue weighted by Crippen LogP contribution is 2.29. The second-order valence-electron chi connectivity index (χ2n) is 4.18. The highest BCUT2D eigenvalue weighted by atomic mass is 35.5. The van der Waals surface area contributed by atoms with Gasteiger partial charge < -0.3 is 4.42 Å². The summed E-state index contributed by atoms with van der Waals surface area (Å²) in [6, 6.07) is 19.0. The molecule has 1 heterocycles. The molecule has 0 spiro atoms. The third-order valence-corrected chi connectivity index (χ3v) is 3.37. The number of hydrogen-bond acceptors (Lipinski definition) is 1. The van der Waals surface area contributed by atoms with Gasteiger partial charge in [-0.3, -0.25) is 0 Å². The fourth-order valence-electron chi connectivity index (χ4n) is 1.88. The molecule has 3 aromatic rings. The number of rotatable bonds is 2. The molecule has 0 bridgehead atoms. The molecule has 1 nitrogen and oxygen atoms in total. The summed E-state index contributed by atoms with van der Waals surface area (Å²) in [7, 11) is 0. The Balaban J connectivity index is 1.95. The van der Waals surface area contributed by atoms with E-state index in [4.69, 9.17) is 27.6 Å². The third kappa shape index (κ3) is 2.67. The first kappa shape index (κ1) is 12.3. The second-order valence-corrected chi connectivity index (χ2v) is 5.05. The monoisotopic (exact) mass is 288 g/mol. The van der Waals surface area contributed by atoms with Crippen molar-refractivity contribution in [2.24, 2.45) is 0 Å². The predicted molar refractivity (Wildman–Crippen MR) is 79.6 cm³/mol. The zero-order valence-electron chi connectivity index (χ0n) is 9.94. The average Bonchev–Trinajstić information content (AvgIpc) is 2.90. The van der Waals surface area contributed by atoms with Gasteiger partial charge in [-0.25, -0.2) is 0 Å². The van der Waals surface area contributed by atoms with Gasteiger partial charge in [0, 0.05) is 21.2 Å². The summed E-state index contributed by atoms with van der Waals surface area (Å²) < 4.78 is 5.85. The van der Waals surface area contributed by atoms with Crippen LogP contribution < -0.4 is 0 Å². The Morgan fingerprint density at radius 2 is 0.895 bits per heavy atom. The van der Waals surface area contributed by atoms with Gasteiger partial charge in [-0.05, 0) is 60.7 Å². The Morgan fingerprint density at radius 3 is 1.26 bits per heavy atom. The summed E-state index contributed by atoms with van der Waals surface area (Å²) in [6.45, 7) is 0. The van der Waals surface area contributed by atoms with E-state index in [0.29, 0.717) is 10.0 Å². The van der Waals surface area contributed by atoms with Gasteiger partial charge in [-0.2, -0.15) is 0 Å². The molecule has 0 saturated heterocycles. The molecule has 0 saturated carbocycles. The topological polar surface area (TPSA) is 13.1 Å². The van der Waals surface area contributed by atoms with Crippen LogP contribution in [0.25, 0.3) is 22.6 Å². The molecule has 0 fully saturated rings. The Labute approximate surface area is 121 Å². The number of furan rings is 1. The fourth-order valence-corrected chi connectivity index (χ4v) is 2.13. The van der Waals surface area contributed by atoms with Gasteiger partial charge in [-0.15, -0.1) is 0 Å². The van der Waals surface area contributed by atoms with Gasteiger partial charge >= 0.3 is 0 Å². The molecule has 0 aliphatic rings. The minimum atomic E-state index is 0.716. The molecule has 0 amide bonds. The lowest BCUT2D eigenvalue weighted by Gasteiger charge is -1.99. The van der Waals surface area contributed by atoms with Crippen molar-refractivity contribution in [2.45, 2.75) is 0 Å². The Kier molecular flexibility index (Phi) is 3.33. The van der Waals surface area contributed by atoms with Crippen molar-refractivity contribution in [3.8, 4) is 22.6 Å². The molecule has 94 valence electrons. The van der Waals surface area contributed by atoms with E-state index >= 15 is 0 Å². The van der Waals surface area contributed by atoms with Crippen molar-refractivity contribution in [1.82, 2.24) is 0 Å². The average molecular weight is 289 g/mol. The van der Waals surface area contributed by atoms with E-state index in [2.05, 4.69) is 0 Å². The first-order chi connectivity index (χ1) is 9.22. The van der Waals surface area contributed by atoms with Gasteiger partial charge in [-0.1, -0.05) is 23.2 Å². The Hall–Kier alpha value is -1.70. The molecule has 0 N–H and O–H groups in total. The quantitative estimate of drug-likeness (QED) is 0.570. The molecule has 3 rings (SSSR count). The van der Waals surface area contributed by atoms with Crippen molar-refractivity contribution in [3.05, 3.63) is 70.7 Å². The molecule has 2 aromatic carbocycles.